The van der Waals surface area contributed by atoms with Crippen molar-refractivity contribution >= 4 is 0 Å². The van der Waals surface area contributed by atoms with Gasteiger partial charge in [0, 0.05) is 19.1 Å². The van der Waals surface area contributed by atoms with Gasteiger partial charge in [-0.3, -0.25) is 4.90 Å². The zero-order chi connectivity index (χ0) is 9.52. The second kappa shape index (κ2) is 6.17. The third-order valence-electron chi connectivity index (χ3n) is 2.64. The predicted molar refractivity (Wildman–Crippen MR) is 58.0 cm³/mol. The molecule has 0 aromatic carbocycles. The van der Waals surface area contributed by atoms with Crippen molar-refractivity contribution in [1.82, 2.24) is 10.2 Å². The van der Waals surface area contributed by atoms with Gasteiger partial charge in [0.25, 0.3) is 0 Å². The first-order valence-electron chi connectivity index (χ1n) is 5.44. The molecule has 1 unspecified atom stereocenters. The lowest BCUT2D eigenvalue weighted by Gasteiger charge is -2.26. The molecule has 0 saturated carbocycles. The molecule has 2 nitrogen and oxygen atoms in total. The van der Waals surface area contributed by atoms with Crippen LogP contribution in [0.1, 0.15) is 26.7 Å². The number of allylic oxidation sites excluding steroid dienone is 1. The first-order valence-corrected chi connectivity index (χ1v) is 5.44. The molecule has 0 spiro atoms. The minimum Gasteiger partial charge on any atom is -0.315 e. The van der Waals surface area contributed by atoms with E-state index in [9.17, 15) is 0 Å². The quantitative estimate of drug-likeness (QED) is 0.650. The zero-order valence-corrected chi connectivity index (χ0v) is 8.92. The fourth-order valence-electron chi connectivity index (χ4n) is 1.90. The van der Waals surface area contributed by atoms with Crippen molar-refractivity contribution in [2.24, 2.45) is 0 Å². The number of rotatable bonds is 5. The van der Waals surface area contributed by atoms with E-state index >= 15 is 0 Å². The van der Waals surface area contributed by atoms with Crippen LogP contribution in [0.5, 0.6) is 0 Å². The lowest BCUT2D eigenvalue weighted by Crippen LogP contribution is -2.37. The molecule has 13 heavy (non-hydrogen) atoms. The Balaban J connectivity index is 2.35. The molecule has 1 atom stereocenters. The van der Waals surface area contributed by atoms with Crippen LogP contribution in [0.25, 0.3) is 0 Å². The molecule has 1 fully saturated rings. The molecule has 0 aliphatic carbocycles. The molecule has 1 saturated heterocycles. The fraction of sp³-hybridized carbons (Fsp3) is 0.818. The minimum absolute atomic E-state index is 0.774. The molecule has 1 aliphatic rings. The van der Waals surface area contributed by atoms with Crippen molar-refractivity contribution in [2.75, 3.05) is 26.2 Å². The van der Waals surface area contributed by atoms with E-state index < -0.39 is 0 Å². The third kappa shape index (κ3) is 3.49. The van der Waals surface area contributed by atoms with Gasteiger partial charge >= 0.3 is 0 Å². The van der Waals surface area contributed by atoms with Crippen LogP contribution in [-0.4, -0.2) is 37.1 Å². The Morgan fingerprint density at radius 1 is 1.54 bits per heavy atom. The lowest BCUT2D eigenvalue weighted by atomic mass is 10.2. The van der Waals surface area contributed by atoms with Gasteiger partial charge < -0.3 is 5.32 Å². The van der Waals surface area contributed by atoms with Gasteiger partial charge in [0.05, 0.1) is 0 Å². The topological polar surface area (TPSA) is 15.3 Å². The van der Waals surface area contributed by atoms with Gasteiger partial charge in [0.15, 0.2) is 0 Å². The van der Waals surface area contributed by atoms with Crippen molar-refractivity contribution in [3.05, 3.63) is 12.2 Å². The van der Waals surface area contributed by atoms with E-state index in [1.54, 1.807) is 0 Å². The highest BCUT2D eigenvalue weighted by Gasteiger charge is 2.20. The minimum atomic E-state index is 0.774. The van der Waals surface area contributed by atoms with Gasteiger partial charge in [-0.25, -0.2) is 0 Å². The summed E-state index contributed by atoms with van der Waals surface area (Å²) in [7, 11) is 0. The Labute approximate surface area is 82.0 Å². The molecule has 0 aromatic heterocycles. The number of nitrogens with zero attached hydrogens (tertiary/aromatic N) is 1. The van der Waals surface area contributed by atoms with Gasteiger partial charge in [-0.05, 0) is 32.9 Å². The van der Waals surface area contributed by atoms with Gasteiger partial charge in [-0.15, -0.1) is 0 Å². The zero-order valence-electron chi connectivity index (χ0n) is 8.92. The largest absolute Gasteiger partial charge is 0.315 e. The standard InChI is InChI=1S/C11H22N2/c1-3-5-9-13(8-4-2)11-6-7-12-10-11/h3,5,11-12H,4,6-10H2,1-2H3. The summed E-state index contributed by atoms with van der Waals surface area (Å²) >= 11 is 0. The van der Waals surface area contributed by atoms with Gasteiger partial charge in [0.1, 0.15) is 0 Å². The highest BCUT2D eigenvalue weighted by Crippen LogP contribution is 2.08. The Kier molecular flexibility index (Phi) is 5.09. The second-order valence-corrected chi connectivity index (χ2v) is 3.71. The summed E-state index contributed by atoms with van der Waals surface area (Å²) in [6, 6.07) is 0.774. The average molecular weight is 182 g/mol. The number of nitrogens with one attached hydrogen (secondary N) is 1. The monoisotopic (exact) mass is 182 g/mol. The summed E-state index contributed by atoms with van der Waals surface area (Å²) in [5.74, 6) is 0. The highest BCUT2D eigenvalue weighted by atomic mass is 15.2. The SMILES string of the molecule is CC=CCN(CCC)C1CCNC1. The molecule has 1 N–H and O–H groups in total. The van der Waals surface area contributed by atoms with E-state index in [0.717, 1.165) is 12.6 Å². The van der Waals surface area contributed by atoms with Crippen LogP contribution in [0.2, 0.25) is 0 Å². The lowest BCUT2D eigenvalue weighted by molar-refractivity contribution is 0.231. The predicted octanol–water partition coefficient (Wildman–Crippen LogP) is 1.64. The van der Waals surface area contributed by atoms with Crippen LogP contribution in [0.4, 0.5) is 0 Å². The Morgan fingerprint density at radius 3 is 2.92 bits per heavy atom. The average Bonchev–Trinajstić information content (AvgIpc) is 2.65. The molecular weight excluding hydrogens is 160 g/mol. The molecule has 0 aromatic rings. The molecule has 0 amide bonds. The van der Waals surface area contributed by atoms with E-state index in [0.29, 0.717) is 0 Å². The van der Waals surface area contributed by atoms with E-state index in [4.69, 9.17) is 0 Å². The van der Waals surface area contributed by atoms with Crippen LogP contribution < -0.4 is 5.32 Å². The summed E-state index contributed by atoms with van der Waals surface area (Å²) in [5.41, 5.74) is 0. The van der Waals surface area contributed by atoms with Crippen molar-refractivity contribution in [2.45, 2.75) is 32.7 Å². The maximum absolute atomic E-state index is 3.42. The molecule has 76 valence electrons. The van der Waals surface area contributed by atoms with Crippen molar-refractivity contribution < 1.29 is 0 Å². The number of hydrogen-bond donors (Lipinski definition) is 1. The van der Waals surface area contributed by atoms with Crippen LogP contribution in [-0.2, 0) is 0 Å². The molecular formula is C11H22N2. The van der Waals surface area contributed by atoms with Crippen LogP contribution in [0.15, 0.2) is 12.2 Å². The molecule has 1 aliphatic heterocycles. The van der Waals surface area contributed by atoms with E-state index in [2.05, 4.69) is 36.2 Å². The Morgan fingerprint density at radius 2 is 2.38 bits per heavy atom. The van der Waals surface area contributed by atoms with Crippen molar-refractivity contribution in [1.29, 1.82) is 0 Å². The summed E-state index contributed by atoms with van der Waals surface area (Å²) in [6.07, 6.45) is 6.98. The first kappa shape index (κ1) is 10.7. The van der Waals surface area contributed by atoms with E-state index in [-0.39, 0.29) is 0 Å². The maximum Gasteiger partial charge on any atom is 0.0236 e. The van der Waals surface area contributed by atoms with Crippen LogP contribution in [0, 0.1) is 0 Å². The molecule has 0 radical (unpaired) electrons. The van der Waals surface area contributed by atoms with E-state index in [1.807, 2.05) is 0 Å². The first-order chi connectivity index (χ1) is 6.38. The van der Waals surface area contributed by atoms with Gasteiger partial charge in [0.2, 0.25) is 0 Å². The van der Waals surface area contributed by atoms with Crippen LogP contribution in [0.3, 0.4) is 0 Å². The van der Waals surface area contributed by atoms with Crippen LogP contribution >= 0.6 is 0 Å². The normalized spacial score (nSPS) is 23.5. The van der Waals surface area contributed by atoms with Gasteiger partial charge in [-0.1, -0.05) is 19.1 Å². The summed E-state index contributed by atoms with van der Waals surface area (Å²) in [5, 5.41) is 3.42. The van der Waals surface area contributed by atoms with Gasteiger partial charge in [-0.2, -0.15) is 0 Å². The Hall–Kier alpha value is -0.340. The summed E-state index contributed by atoms with van der Waals surface area (Å²) in [4.78, 5) is 2.58. The molecule has 2 heteroatoms. The maximum atomic E-state index is 3.42. The highest BCUT2D eigenvalue weighted by molar-refractivity contribution is 4.87. The van der Waals surface area contributed by atoms with E-state index in [1.165, 1.54) is 32.5 Å². The smallest absolute Gasteiger partial charge is 0.0236 e. The molecule has 1 heterocycles. The summed E-state index contributed by atoms with van der Waals surface area (Å²) < 4.78 is 0. The molecule has 1 rings (SSSR count). The second-order valence-electron chi connectivity index (χ2n) is 3.71. The number of hydrogen-bond acceptors (Lipinski definition) is 2. The van der Waals surface area contributed by atoms with Crippen molar-refractivity contribution in [3.8, 4) is 0 Å². The third-order valence-corrected chi connectivity index (χ3v) is 2.64. The van der Waals surface area contributed by atoms with Crippen molar-refractivity contribution in [3.63, 3.8) is 0 Å². The molecule has 0 bridgehead atoms. The fourth-order valence-corrected chi connectivity index (χ4v) is 1.90. The summed E-state index contributed by atoms with van der Waals surface area (Å²) in [6.45, 7) is 9.08. The Bertz CT molecular complexity index is 148.